The molecular weight excluding hydrogens is 578 g/mol. The second kappa shape index (κ2) is 13.8. The molecule has 0 spiro atoms. The van der Waals surface area contributed by atoms with Gasteiger partial charge in [0, 0.05) is 29.8 Å². The molecule has 5 aromatic rings. The summed E-state index contributed by atoms with van der Waals surface area (Å²) < 4.78 is 21.8. The van der Waals surface area contributed by atoms with Crippen LogP contribution in [0.3, 0.4) is 0 Å². The number of carbonyl (C=O) groups is 3. The van der Waals surface area contributed by atoms with Crippen LogP contribution in [0, 0.1) is 0 Å². The molecular formula is C34H33N3O8. The van der Waals surface area contributed by atoms with E-state index >= 15 is 0 Å². The molecule has 0 bridgehead atoms. The van der Waals surface area contributed by atoms with Crippen molar-refractivity contribution in [1.29, 1.82) is 0 Å². The number of fused-ring (bicyclic) bond motifs is 2. The van der Waals surface area contributed by atoms with E-state index in [0.717, 1.165) is 21.6 Å². The molecule has 0 fully saturated rings. The Labute approximate surface area is 259 Å². The van der Waals surface area contributed by atoms with Gasteiger partial charge < -0.3 is 29.2 Å². The molecule has 0 atom stereocenters. The van der Waals surface area contributed by atoms with E-state index in [1.165, 1.54) is 28.3 Å². The largest absolute Gasteiger partial charge is 0.493 e. The first-order valence-corrected chi connectivity index (χ1v) is 14.1. The SMILES string of the molecule is COc1cc2cc(C(=O)Nc3cc(N(C=O)OCc4ccccc4)c4ccccc4c3CCOC(C)=O)[nH]c2c(OC)c1OC. The van der Waals surface area contributed by atoms with Gasteiger partial charge in [-0.1, -0.05) is 54.6 Å². The van der Waals surface area contributed by atoms with Crippen molar-refractivity contribution in [1.82, 2.24) is 4.98 Å². The molecule has 1 aromatic heterocycles. The number of esters is 1. The Morgan fingerprint density at radius 3 is 2.27 bits per heavy atom. The van der Waals surface area contributed by atoms with Gasteiger partial charge in [0.15, 0.2) is 11.5 Å². The Bertz CT molecular complexity index is 1850. The second-order valence-electron chi connectivity index (χ2n) is 9.99. The predicted molar refractivity (Wildman–Crippen MR) is 170 cm³/mol. The highest BCUT2D eigenvalue weighted by Gasteiger charge is 2.22. The molecule has 5 rings (SSSR count). The number of H-pyrrole nitrogens is 1. The van der Waals surface area contributed by atoms with E-state index in [1.807, 2.05) is 54.6 Å². The fourth-order valence-electron chi connectivity index (χ4n) is 5.21. The first kappa shape index (κ1) is 30.9. The molecule has 0 radical (unpaired) electrons. The Morgan fingerprint density at radius 1 is 0.889 bits per heavy atom. The molecule has 2 N–H and O–H groups in total. The number of aromatic amines is 1. The minimum atomic E-state index is -0.455. The summed E-state index contributed by atoms with van der Waals surface area (Å²) in [5, 5.41) is 6.27. The molecule has 45 heavy (non-hydrogen) atoms. The molecule has 2 amide bonds. The number of rotatable bonds is 13. The van der Waals surface area contributed by atoms with Gasteiger partial charge in [0.2, 0.25) is 12.2 Å². The normalized spacial score (nSPS) is 10.8. The number of amides is 2. The van der Waals surface area contributed by atoms with E-state index in [-0.39, 0.29) is 18.9 Å². The molecule has 11 nitrogen and oxygen atoms in total. The maximum Gasteiger partial charge on any atom is 0.302 e. The van der Waals surface area contributed by atoms with E-state index in [9.17, 15) is 14.4 Å². The van der Waals surface area contributed by atoms with Crippen molar-refractivity contribution in [3.8, 4) is 17.2 Å². The van der Waals surface area contributed by atoms with Crippen molar-refractivity contribution in [3.05, 3.63) is 89.6 Å². The number of aromatic nitrogens is 1. The maximum atomic E-state index is 13.8. The lowest BCUT2D eigenvalue weighted by Crippen LogP contribution is -2.23. The quantitative estimate of drug-likeness (QED) is 0.0972. The van der Waals surface area contributed by atoms with Gasteiger partial charge in [0.05, 0.1) is 39.1 Å². The van der Waals surface area contributed by atoms with E-state index in [1.54, 1.807) is 18.2 Å². The molecule has 0 aliphatic carbocycles. The van der Waals surface area contributed by atoms with Crippen molar-refractivity contribution in [2.24, 2.45) is 0 Å². The topological polar surface area (TPSA) is 128 Å². The van der Waals surface area contributed by atoms with Crippen LogP contribution in [-0.4, -0.2) is 51.2 Å². The number of nitrogens with zero attached hydrogens (tertiary/aromatic N) is 1. The number of hydroxylamine groups is 1. The summed E-state index contributed by atoms with van der Waals surface area (Å²) in [6, 6.07) is 22.0. The molecule has 232 valence electrons. The minimum Gasteiger partial charge on any atom is -0.493 e. The number of ether oxygens (including phenoxy) is 4. The van der Waals surface area contributed by atoms with Crippen molar-refractivity contribution >= 4 is 51.3 Å². The van der Waals surface area contributed by atoms with Crippen molar-refractivity contribution in [2.45, 2.75) is 20.0 Å². The second-order valence-corrected chi connectivity index (χ2v) is 9.99. The fraction of sp³-hybridized carbons (Fsp3) is 0.206. The lowest BCUT2D eigenvalue weighted by molar-refractivity contribution is -0.140. The molecule has 1 heterocycles. The van der Waals surface area contributed by atoms with Crippen LogP contribution in [-0.2, 0) is 32.2 Å². The smallest absolute Gasteiger partial charge is 0.302 e. The van der Waals surface area contributed by atoms with Gasteiger partial charge in [-0.15, -0.1) is 0 Å². The third-order valence-corrected chi connectivity index (χ3v) is 7.25. The van der Waals surface area contributed by atoms with Crippen LogP contribution in [0.2, 0.25) is 0 Å². The third kappa shape index (κ3) is 6.53. The molecule has 0 unspecified atom stereocenters. The standard InChI is InChI=1S/C34H33N3O8/c1-21(39)44-15-14-25-24-12-8-9-13-26(24)29(37(20-38)45-19-22-10-6-5-7-11-22)18-27(25)36-34(40)28-16-23-17-30(41-2)32(42-3)33(43-4)31(23)35-28/h5-13,16-18,20,35H,14-15,19H2,1-4H3,(H,36,40). The Kier molecular flexibility index (Phi) is 9.49. The summed E-state index contributed by atoms with van der Waals surface area (Å²) in [4.78, 5) is 46.7. The van der Waals surface area contributed by atoms with Gasteiger partial charge in [-0.05, 0) is 34.7 Å². The third-order valence-electron chi connectivity index (χ3n) is 7.25. The van der Waals surface area contributed by atoms with Crippen LogP contribution in [0.5, 0.6) is 17.2 Å². The zero-order valence-corrected chi connectivity index (χ0v) is 25.3. The highest BCUT2D eigenvalue weighted by Crippen LogP contribution is 2.43. The Hall–Kier alpha value is -5.55. The van der Waals surface area contributed by atoms with E-state index in [2.05, 4.69) is 10.3 Å². The van der Waals surface area contributed by atoms with E-state index < -0.39 is 11.9 Å². The van der Waals surface area contributed by atoms with E-state index in [4.69, 9.17) is 23.8 Å². The number of anilines is 2. The van der Waals surface area contributed by atoms with Gasteiger partial charge in [-0.3, -0.25) is 19.2 Å². The average molecular weight is 612 g/mol. The Morgan fingerprint density at radius 2 is 1.60 bits per heavy atom. The van der Waals surface area contributed by atoms with Gasteiger partial charge >= 0.3 is 5.97 Å². The van der Waals surface area contributed by atoms with Crippen LogP contribution >= 0.6 is 0 Å². The van der Waals surface area contributed by atoms with Crippen LogP contribution in [0.4, 0.5) is 11.4 Å². The lowest BCUT2D eigenvalue weighted by Gasteiger charge is -2.23. The Balaban J connectivity index is 1.57. The average Bonchev–Trinajstić information content (AvgIpc) is 3.49. The summed E-state index contributed by atoms with van der Waals surface area (Å²) >= 11 is 0. The summed E-state index contributed by atoms with van der Waals surface area (Å²) in [5.41, 5.74) is 3.23. The van der Waals surface area contributed by atoms with Crippen LogP contribution < -0.4 is 24.6 Å². The molecule has 11 heteroatoms. The number of hydrogen-bond acceptors (Lipinski definition) is 8. The van der Waals surface area contributed by atoms with Gasteiger partial charge in [-0.2, -0.15) is 5.06 Å². The number of methoxy groups -OCH3 is 3. The zero-order valence-electron chi connectivity index (χ0n) is 25.3. The van der Waals surface area contributed by atoms with E-state index in [0.29, 0.717) is 57.7 Å². The number of benzene rings is 4. The monoisotopic (exact) mass is 611 g/mol. The van der Waals surface area contributed by atoms with Gasteiger partial charge in [-0.25, -0.2) is 0 Å². The highest BCUT2D eigenvalue weighted by molar-refractivity contribution is 6.10. The number of carbonyl (C=O) groups excluding carboxylic acids is 3. The van der Waals surface area contributed by atoms with Crippen LogP contribution in [0.15, 0.2) is 72.8 Å². The van der Waals surface area contributed by atoms with Crippen molar-refractivity contribution in [3.63, 3.8) is 0 Å². The zero-order chi connectivity index (χ0) is 31.9. The maximum absolute atomic E-state index is 13.8. The molecule has 4 aromatic carbocycles. The molecule has 0 aliphatic rings. The van der Waals surface area contributed by atoms with Crippen LogP contribution in [0.25, 0.3) is 21.7 Å². The number of nitrogens with one attached hydrogen (secondary N) is 2. The van der Waals surface area contributed by atoms with Gasteiger partial charge in [0.25, 0.3) is 5.91 Å². The first-order chi connectivity index (χ1) is 21.9. The highest BCUT2D eigenvalue weighted by atomic mass is 16.7. The lowest BCUT2D eigenvalue weighted by atomic mass is 9.98. The summed E-state index contributed by atoms with van der Waals surface area (Å²) in [5.74, 6) is 0.352. The van der Waals surface area contributed by atoms with Crippen molar-refractivity contribution < 1.29 is 38.2 Å². The summed E-state index contributed by atoms with van der Waals surface area (Å²) in [6.45, 7) is 1.57. The molecule has 0 saturated carbocycles. The van der Waals surface area contributed by atoms with Gasteiger partial charge in [0.1, 0.15) is 12.3 Å². The summed E-state index contributed by atoms with van der Waals surface area (Å²) in [6.07, 6.45) is 0.885. The summed E-state index contributed by atoms with van der Waals surface area (Å²) in [7, 11) is 4.52. The van der Waals surface area contributed by atoms with Crippen molar-refractivity contribution in [2.75, 3.05) is 38.3 Å². The molecule has 0 aliphatic heterocycles. The number of hydrogen-bond donors (Lipinski definition) is 2. The first-order valence-electron chi connectivity index (χ1n) is 14.1. The molecule has 0 saturated heterocycles. The predicted octanol–water partition coefficient (Wildman–Crippen LogP) is 5.80. The fourth-order valence-corrected chi connectivity index (χ4v) is 5.21. The van der Waals surface area contributed by atoms with Crippen LogP contribution in [0.1, 0.15) is 28.5 Å². The minimum absolute atomic E-state index is 0.0899.